The van der Waals surface area contributed by atoms with Gasteiger partial charge in [0.1, 0.15) is 6.61 Å². The van der Waals surface area contributed by atoms with Gasteiger partial charge in [0.15, 0.2) is 0 Å². The first-order valence-corrected chi connectivity index (χ1v) is 9.97. The van der Waals surface area contributed by atoms with Crippen LogP contribution < -0.4 is 0 Å². The van der Waals surface area contributed by atoms with Crippen LogP contribution in [-0.2, 0) is 24.3 Å². The zero-order valence-electron chi connectivity index (χ0n) is 14.3. The van der Waals surface area contributed by atoms with Crippen LogP contribution in [0.5, 0.6) is 0 Å². The van der Waals surface area contributed by atoms with Crippen molar-refractivity contribution >= 4 is 15.9 Å². The Hall–Kier alpha value is -0.700. The van der Waals surface area contributed by atoms with E-state index >= 15 is 0 Å². The molecule has 0 aromatic heterocycles. The van der Waals surface area contributed by atoms with Crippen molar-refractivity contribution in [2.45, 2.75) is 19.8 Å². The molecule has 8 heteroatoms. The minimum absolute atomic E-state index is 0.0166. The number of methoxy groups -OCH3 is 1. The molecule has 0 bridgehead atoms. The van der Waals surface area contributed by atoms with Gasteiger partial charge in [0.25, 0.3) is 0 Å². The molecule has 0 N–H and O–H groups in total. The third kappa shape index (κ3) is 4.23. The summed E-state index contributed by atoms with van der Waals surface area (Å²) in [5, 5.41) is 0. The lowest BCUT2D eigenvalue weighted by Crippen LogP contribution is -2.48. The molecule has 2 heterocycles. The van der Waals surface area contributed by atoms with Gasteiger partial charge >= 0.3 is 0 Å². The van der Waals surface area contributed by atoms with E-state index in [9.17, 15) is 13.2 Å². The zero-order chi connectivity index (χ0) is 17.1. The molecule has 134 valence electrons. The Morgan fingerprint density at radius 1 is 1.30 bits per heavy atom. The Labute approximate surface area is 139 Å². The van der Waals surface area contributed by atoms with Gasteiger partial charge in [-0.1, -0.05) is 0 Å². The third-order valence-electron chi connectivity index (χ3n) is 5.16. The minimum Gasteiger partial charge on any atom is -0.384 e. The van der Waals surface area contributed by atoms with Crippen LogP contribution in [0.2, 0.25) is 0 Å². The maximum absolute atomic E-state index is 12.1. The summed E-state index contributed by atoms with van der Waals surface area (Å²) in [5.74, 6) is 0.203. The van der Waals surface area contributed by atoms with Crippen LogP contribution in [0.15, 0.2) is 0 Å². The highest BCUT2D eigenvalue weighted by atomic mass is 32.2. The van der Waals surface area contributed by atoms with Gasteiger partial charge in [-0.15, -0.1) is 0 Å². The first-order chi connectivity index (χ1) is 10.8. The number of rotatable bonds is 6. The molecular weight excluding hydrogens is 320 g/mol. The fourth-order valence-electron chi connectivity index (χ4n) is 3.72. The number of ether oxygens (including phenoxy) is 2. The average Bonchev–Trinajstić information content (AvgIpc) is 2.85. The van der Waals surface area contributed by atoms with Crippen LogP contribution in [0.1, 0.15) is 19.8 Å². The molecule has 0 unspecified atom stereocenters. The Bertz CT molecular complexity index is 514. The van der Waals surface area contributed by atoms with Gasteiger partial charge in [0, 0.05) is 45.8 Å². The molecule has 1 spiro atoms. The lowest BCUT2D eigenvalue weighted by Gasteiger charge is -2.42. The topological polar surface area (TPSA) is 76.2 Å². The van der Waals surface area contributed by atoms with Crippen molar-refractivity contribution in [2.24, 2.45) is 11.3 Å². The van der Waals surface area contributed by atoms with E-state index in [4.69, 9.17) is 9.47 Å². The molecule has 0 radical (unpaired) electrons. The van der Waals surface area contributed by atoms with Crippen LogP contribution in [0.3, 0.4) is 0 Å². The molecule has 2 aliphatic heterocycles. The molecule has 2 aliphatic rings. The second kappa shape index (κ2) is 7.46. The zero-order valence-corrected chi connectivity index (χ0v) is 15.1. The second-order valence-electron chi connectivity index (χ2n) is 6.59. The summed E-state index contributed by atoms with van der Waals surface area (Å²) in [6.07, 6.45) is 2.88. The number of carbonyl (C=O) groups excluding carboxylic acids is 1. The summed E-state index contributed by atoms with van der Waals surface area (Å²) in [6.45, 7) is 5.44. The van der Waals surface area contributed by atoms with Gasteiger partial charge in [0.05, 0.1) is 12.9 Å². The molecule has 0 aromatic rings. The summed E-state index contributed by atoms with van der Waals surface area (Å²) >= 11 is 0. The van der Waals surface area contributed by atoms with Crippen molar-refractivity contribution in [1.29, 1.82) is 0 Å². The first kappa shape index (κ1) is 18.6. The fourth-order valence-corrected chi connectivity index (χ4v) is 4.66. The van der Waals surface area contributed by atoms with E-state index in [0.717, 1.165) is 12.8 Å². The minimum atomic E-state index is -3.19. The number of hydrogen-bond acceptors (Lipinski definition) is 5. The highest BCUT2D eigenvalue weighted by Crippen LogP contribution is 2.45. The molecule has 2 saturated heterocycles. The summed E-state index contributed by atoms with van der Waals surface area (Å²) < 4.78 is 35.9. The quantitative estimate of drug-likeness (QED) is 0.684. The molecule has 2 fully saturated rings. The van der Waals surface area contributed by atoms with Crippen molar-refractivity contribution in [1.82, 2.24) is 9.21 Å². The van der Waals surface area contributed by atoms with Crippen molar-refractivity contribution in [3.05, 3.63) is 0 Å². The van der Waals surface area contributed by atoms with Crippen molar-refractivity contribution < 1.29 is 22.7 Å². The molecule has 1 atom stereocenters. The summed E-state index contributed by atoms with van der Waals surface area (Å²) in [5.41, 5.74) is -0.0819. The molecule has 1 amide bonds. The Morgan fingerprint density at radius 3 is 2.48 bits per heavy atom. The fraction of sp³-hybridized carbons (Fsp3) is 0.933. The van der Waals surface area contributed by atoms with E-state index in [2.05, 4.69) is 0 Å². The number of hydrogen-bond donors (Lipinski definition) is 0. The monoisotopic (exact) mass is 348 g/mol. The summed E-state index contributed by atoms with van der Waals surface area (Å²) in [4.78, 5) is 13.9. The van der Waals surface area contributed by atoms with E-state index in [-0.39, 0.29) is 23.8 Å². The normalized spacial score (nSPS) is 25.2. The second-order valence-corrected chi connectivity index (χ2v) is 8.57. The lowest BCUT2D eigenvalue weighted by molar-refractivity contribution is -0.138. The predicted octanol–water partition coefficient (Wildman–Crippen LogP) is 0.170. The Balaban J connectivity index is 2.03. The van der Waals surface area contributed by atoms with E-state index in [1.165, 1.54) is 6.26 Å². The van der Waals surface area contributed by atoms with E-state index in [0.29, 0.717) is 39.4 Å². The van der Waals surface area contributed by atoms with E-state index in [1.807, 2.05) is 11.8 Å². The Kier molecular flexibility index (Phi) is 6.05. The first-order valence-electron chi connectivity index (χ1n) is 8.12. The molecule has 2 rings (SSSR count). The maximum Gasteiger partial charge on any atom is 0.248 e. The van der Waals surface area contributed by atoms with Crippen LogP contribution in [-0.4, -0.2) is 82.9 Å². The van der Waals surface area contributed by atoms with E-state index in [1.54, 1.807) is 11.4 Å². The largest absolute Gasteiger partial charge is 0.384 e. The maximum atomic E-state index is 12.1. The lowest BCUT2D eigenvalue weighted by atomic mass is 9.71. The third-order valence-corrected chi connectivity index (χ3v) is 6.38. The predicted molar refractivity (Wildman–Crippen MR) is 86.5 cm³/mol. The van der Waals surface area contributed by atoms with Crippen LogP contribution in [0, 0.1) is 11.3 Å². The number of amides is 1. The van der Waals surface area contributed by atoms with Gasteiger partial charge in [-0.3, -0.25) is 4.79 Å². The number of nitrogens with zero attached hydrogens (tertiary/aromatic N) is 2. The van der Waals surface area contributed by atoms with Gasteiger partial charge in [-0.05, 0) is 25.2 Å². The van der Waals surface area contributed by atoms with Gasteiger partial charge in [0.2, 0.25) is 15.9 Å². The van der Waals surface area contributed by atoms with Gasteiger partial charge < -0.3 is 14.4 Å². The number of piperidine rings is 1. The molecule has 7 nitrogen and oxygen atoms in total. The summed E-state index contributed by atoms with van der Waals surface area (Å²) in [6, 6.07) is 0. The van der Waals surface area contributed by atoms with Gasteiger partial charge in [-0.25, -0.2) is 12.7 Å². The average molecular weight is 348 g/mol. The highest BCUT2D eigenvalue weighted by molar-refractivity contribution is 7.88. The molecule has 23 heavy (non-hydrogen) atoms. The number of carbonyl (C=O) groups is 1. The van der Waals surface area contributed by atoms with Crippen molar-refractivity contribution in [3.8, 4) is 0 Å². The van der Waals surface area contributed by atoms with Crippen LogP contribution in [0.4, 0.5) is 0 Å². The van der Waals surface area contributed by atoms with Crippen LogP contribution in [0.25, 0.3) is 0 Å². The van der Waals surface area contributed by atoms with Crippen molar-refractivity contribution in [3.63, 3.8) is 0 Å². The standard InChI is InChI=1S/C15H28N2O5S/c1-4-22-11-14(18)16-7-5-15(6-8-16)12-17(23(3,19)20)9-13(15)10-21-2/h13H,4-12H2,1-3H3/t13-/m1/s1. The number of likely N-dealkylation sites (tertiary alicyclic amines) is 1. The molecule has 0 aromatic carbocycles. The molecular formula is C15H28N2O5S. The van der Waals surface area contributed by atoms with Crippen molar-refractivity contribution in [2.75, 3.05) is 59.4 Å². The SMILES string of the molecule is CCOCC(=O)N1CCC2(CC1)CN(S(C)(=O)=O)C[C@@H]2COC. The molecule has 0 aliphatic carbocycles. The number of sulfonamides is 1. The van der Waals surface area contributed by atoms with Gasteiger partial charge in [-0.2, -0.15) is 0 Å². The highest BCUT2D eigenvalue weighted by Gasteiger charge is 2.50. The molecule has 0 saturated carbocycles. The van der Waals surface area contributed by atoms with E-state index < -0.39 is 10.0 Å². The smallest absolute Gasteiger partial charge is 0.248 e. The van der Waals surface area contributed by atoms with Crippen LogP contribution >= 0.6 is 0 Å². The Morgan fingerprint density at radius 2 is 1.96 bits per heavy atom. The summed E-state index contributed by atoms with van der Waals surface area (Å²) in [7, 11) is -1.54.